The van der Waals surface area contributed by atoms with Crippen LogP contribution in [0.25, 0.3) is 10.2 Å². The van der Waals surface area contributed by atoms with Crippen LogP contribution in [-0.2, 0) is 19.5 Å². The molecule has 0 radical (unpaired) electrons. The zero-order valence-electron chi connectivity index (χ0n) is 17.3. The third kappa shape index (κ3) is 4.04. The van der Waals surface area contributed by atoms with Crippen molar-refractivity contribution in [1.29, 1.82) is 0 Å². The van der Waals surface area contributed by atoms with Crippen molar-refractivity contribution in [1.82, 2.24) is 9.88 Å². The monoisotopic (exact) mass is 429 g/mol. The smallest absolute Gasteiger partial charge is 0.355 e. The van der Waals surface area contributed by atoms with Crippen molar-refractivity contribution < 1.29 is 9.53 Å². The summed E-state index contributed by atoms with van der Waals surface area (Å²) in [5.41, 5.74) is 11.4. The van der Waals surface area contributed by atoms with Crippen molar-refractivity contribution in [2.75, 3.05) is 12.3 Å². The SMILES string of the molecule is Cc1cccc(OC(=O)c2sc3nc4c(cc3c2N)CN(Cc2ccccc2)CC4)c1. The van der Waals surface area contributed by atoms with Gasteiger partial charge >= 0.3 is 5.97 Å². The van der Waals surface area contributed by atoms with E-state index in [1.807, 2.05) is 31.2 Å². The van der Waals surface area contributed by atoms with Gasteiger partial charge in [0.25, 0.3) is 0 Å². The molecular formula is C25H23N3O2S. The number of fused-ring (bicyclic) bond motifs is 2. The summed E-state index contributed by atoms with van der Waals surface area (Å²) in [4.78, 5) is 21.2. The Hall–Kier alpha value is -3.22. The predicted molar refractivity (Wildman–Crippen MR) is 124 cm³/mol. The highest BCUT2D eigenvalue weighted by molar-refractivity contribution is 7.21. The Morgan fingerprint density at radius 2 is 2.00 bits per heavy atom. The number of rotatable bonds is 4. The van der Waals surface area contributed by atoms with E-state index in [1.54, 1.807) is 6.07 Å². The first-order valence-electron chi connectivity index (χ1n) is 10.3. The molecule has 6 heteroatoms. The number of thiophene rings is 1. The maximum atomic E-state index is 12.8. The lowest BCUT2D eigenvalue weighted by molar-refractivity contribution is 0.0741. The fraction of sp³-hybridized carbons (Fsp3) is 0.200. The third-order valence-electron chi connectivity index (χ3n) is 5.58. The number of benzene rings is 2. The lowest BCUT2D eigenvalue weighted by Gasteiger charge is -2.28. The highest BCUT2D eigenvalue weighted by Crippen LogP contribution is 2.36. The van der Waals surface area contributed by atoms with E-state index in [9.17, 15) is 4.79 Å². The molecule has 1 aliphatic rings. The summed E-state index contributed by atoms with van der Waals surface area (Å²) < 4.78 is 5.56. The fourth-order valence-corrected chi connectivity index (χ4v) is 4.99. The topological polar surface area (TPSA) is 68.4 Å². The van der Waals surface area contributed by atoms with Gasteiger partial charge in [-0.15, -0.1) is 11.3 Å². The van der Waals surface area contributed by atoms with Crippen LogP contribution in [0.4, 0.5) is 5.69 Å². The molecule has 0 spiro atoms. The summed E-state index contributed by atoms with van der Waals surface area (Å²) in [6, 6.07) is 20.0. The van der Waals surface area contributed by atoms with E-state index in [4.69, 9.17) is 15.5 Å². The van der Waals surface area contributed by atoms with E-state index in [-0.39, 0.29) is 0 Å². The molecule has 2 aromatic carbocycles. The second kappa shape index (κ2) is 8.13. The van der Waals surface area contributed by atoms with Crippen molar-refractivity contribution in [2.24, 2.45) is 0 Å². The number of carbonyl (C=O) groups is 1. The Balaban J connectivity index is 1.40. The highest BCUT2D eigenvalue weighted by Gasteiger charge is 2.23. The van der Waals surface area contributed by atoms with Gasteiger partial charge in [-0.2, -0.15) is 0 Å². The van der Waals surface area contributed by atoms with Crippen LogP contribution in [0.15, 0.2) is 60.7 Å². The van der Waals surface area contributed by atoms with Crippen molar-refractivity contribution in [2.45, 2.75) is 26.4 Å². The van der Waals surface area contributed by atoms with Gasteiger partial charge in [0.2, 0.25) is 0 Å². The van der Waals surface area contributed by atoms with Gasteiger partial charge in [-0.1, -0.05) is 42.5 Å². The Morgan fingerprint density at radius 1 is 1.16 bits per heavy atom. The number of anilines is 1. The lowest BCUT2D eigenvalue weighted by Crippen LogP contribution is -2.30. The van der Waals surface area contributed by atoms with Crippen LogP contribution < -0.4 is 10.5 Å². The number of pyridine rings is 1. The van der Waals surface area contributed by atoms with Crippen LogP contribution in [-0.4, -0.2) is 22.4 Å². The average Bonchev–Trinajstić information content (AvgIpc) is 3.09. The Morgan fingerprint density at radius 3 is 2.81 bits per heavy atom. The Labute approximate surface area is 185 Å². The van der Waals surface area contributed by atoms with E-state index >= 15 is 0 Å². The molecule has 2 aromatic heterocycles. The maximum Gasteiger partial charge on any atom is 0.355 e. The number of nitrogen functional groups attached to an aromatic ring is 1. The van der Waals surface area contributed by atoms with Gasteiger partial charge < -0.3 is 10.5 Å². The molecule has 4 aromatic rings. The number of nitrogens with two attached hydrogens (primary N) is 1. The molecule has 2 N–H and O–H groups in total. The van der Waals surface area contributed by atoms with Crippen LogP contribution in [0.1, 0.15) is 32.1 Å². The molecule has 0 saturated heterocycles. The number of nitrogens with zero attached hydrogens (tertiary/aromatic N) is 2. The Bertz CT molecular complexity index is 1270. The van der Waals surface area contributed by atoms with Crippen LogP contribution in [0.2, 0.25) is 0 Å². The van der Waals surface area contributed by atoms with E-state index in [1.165, 1.54) is 22.5 Å². The summed E-state index contributed by atoms with van der Waals surface area (Å²) in [5, 5.41) is 0.835. The van der Waals surface area contributed by atoms with Crippen molar-refractivity contribution in [3.05, 3.63) is 87.9 Å². The molecule has 3 heterocycles. The van der Waals surface area contributed by atoms with Crippen LogP contribution in [0.5, 0.6) is 5.75 Å². The van der Waals surface area contributed by atoms with Gasteiger partial charge in [0.05, 0.1) is 5.69 Å². The molecule has 156 valence electrons. The molecule has 5 nitrogen and oxygen atoms in total. The zero-order valence-corrected chi connectivity index (χ0v) is 18.1. The largest absolute Gasteiger partial charge is 0.422 e. The van der Waals surface area contributed by atoms with Gasteiger partial charge in [-0.05, 0) is 41.8 Å². The number of carbonyl (C=O) groups excluding carboxylic acids is 1. The molecule has 5 rings (SSSR count). The van der Waals surface area contributed by atoms with Gasteiger partial charge in [0.1, 0.15) is 15.5 Å². The molecular weight excluding hydrogens is 406 g/mol. The van der Waals surface area contributed by atoms with E-state index in [0.717, 1.165) is 47.5 Å². The number of esters is 1. The molecule has 0 saturated carbocycles. The Kier molecular flexibility index (Phi) is 5.18. The van der Waals surface area contributed by atoms with Crippen LogP contribution in [0, 0.1) is 6.92 Å². The first-order chi connectivity index (χ1) is 15.1. The summed E-state index contributed by atoms with van der Waals surface area (Å²) >= 11 is 1.31. The minimum Gasteiger partial charge on any atom is -0.422 e. The number of aryl methyl sites for hydroxylation is 1. The summed E-state index contributed by atoms with van der Waals surface area (Å²) in [6.45, 7) is 4.65. The standard InChI is InChI=1S/C25H23N3O2S/c1-16-6-5-9-19(12-16)30-25(29)23-22(26)20-13-18-15-28(14-17-7-3-2-4-8-17)11-10-21(18)27-24(20)31-23/h2-9,12-13H,10-11,14-15,26H2,1H3. The number of hydrogen-bond acceptors (Lipinski definition) is 6. The van der Waals surface area contributed by atoms with Gasteiger partial charge in [-0.3, -0.25) is 4.90 Å². The number of hydrogen-bond donors (Lipinski definition) is 1. The molecule has 0 atom stereocenters. The third-order valence-corrected chi connectivity index (χ3v) is 6.68. The summed E-state index contributed by atoms with van der Waals surface area (Å²) in [6.07, 6.45) is 0.888. The molecule has 1 aliphatic heterocycles. The normalized spacial score (nSPS) is 13.8. The predicted octanol–water partition coefficient (Wildman–Crippen LogP) is 4.96. The first kappa shape index (κ1) is 19.7. The van der Waals surface area contributed by atoms with Crippen LogP contribution in [0.3, 0.4) is 0 Å². The van der Waals surface area contributed by atoms with Crippen molar-refractivity contribution in [3.63, 3.8) is 0 Å². The van der Waals surface area contributed by atoms with E-state index < -0.39 is 5.97 Å². The lowest BCUT2D eigenvalue weighted by atomic mass is 10.0. The maximum absolute atomic E-state index is 12.8. The van der Waals surface area contributed by atoms with Crippen LogP contribution >= 0.6 is 11.3 Å². The van der Waals surface area contributed by atoms with E-state index in [2.05, 4.69) is 35.2 Å². The van der Waals surface area contributed by atoms with Gasteiger partial charge in [0.15, 0.2) is 0 Å². The second-order valence-corrected chi connectivity index (χ2v) is 8.94. The van der Waals surface area contributed by atoms with Crippen molar-refractivity contribution >= 4 is 33.2 Å². The van der Waals surface area contributed by atoms with Gasteiger partial charge in [0, 0.05) is 37.1 Å². The van der Waals surface area contributed by atoms with Gasteiger partial charge in [-0.25, -0.2) is 9.78 Å². The fourth-order valence-electron chi connectivity index (χ4n) is 4.02. The molecule has 0 bridgehead atoms. The number of aromatic nitrogens is 1. The molecule has 0 fully saturated rings. The summed E-state index contributed by atoms with van der Waals surface area (Å²) in [7, 11) is 0. The quantitative estimate of drug-likeness (QED) is 0.367. The van der Waals surface area contributed by atoms with E-state index in [0.29, 0.717) is 16.3 Å². The molecule has 31 heavy (non-hydrogen) atoms. The average molecular weight is 430 g/mol. The number of ether oxygens (including phenoxy) is 1. The first-order valence-corrected chi connectivity index (χ1v) is 11.1. The second-order valence-electron chi connectivity index (χ2n) is 7.94. The van der Waals surface area contributed by atoms with Crippen molar-refractivity contribution in [3.8, 4) is 5.75 Å². The molecule has 0 unspecified atom stereocenters. The molecule has 0 amide bonds. The zero-order chi connectivity index (χ0) is 21.4. The molecule has 0 aliphatic carbocycles. The summed E-state index contributed by atoms with van der Waals surface area (Å²) in [5.74, 6) is 0.0837. The minimum atomic E-state index is -0.435. The highest BCUT2D eigenvalue weighted by atomic mass is 32.1. The minimum absolute atomic E-state index is 0.410.